The van der Waals surface area contributed by atoms with Crippen molar-refractivity contribution < 1.29 is 14.3 Å². The number of rotatable bonds is 4. The molecule has 1 atom stereocenters. The van der Waals surface area contributed by atoms with Gasteiger partial charge in [0.15, 0.2) is 0 Å². The maximum atomic E-state index is 13.0. The van der Waals surface area contributed by atoms with Gasteiger partial charge in [-0.1, -0.05) is 6.07 Å². The quantitative estimate of drug-likeness (QED) is 0.871. The molecule has 0 aliphatic heterocycles. The lowest BCUT2D eigenvalue weighted by Gasteiger charge is -2.25. The molecule has 1 aliphatic rings. The smallest absolute Gasteiger partial charge is 0.309 e. The van der Waals surface area contributed by atoms with E-state index in [0.29, 0.717) is 6.42 Å². The van der Waals surface area contributed by atoms with Gasteiger partial charge in [0, 0.05) is 0 Å². The molecule has 1 aromatic rings. The Bertz CT molecular complexity index is 452. The molecule has 0 radical (unpaired) electrons. The third-order valence-corrected chi connectivity index (χ3v) is 3.83. The van der Waals surface area contributed by atoms with E-state index in [2.05, 4.69) is 0 Å². The van der Waals surface area contributed by atoms with Gasteiger partial charge in [-0.3, -0.25) is 4.79 Å². The van der Waals surface area contributed by atoms with Crippen LogP contribution < -0.4 is 0 Å². The first-order valence-corrected chi connectivity index (χ1v) is 5.92. The molecule has 1 N–H and O–H groups in total. The fourth-order valence-electron chi connectivity index (χ4n) is 2.37. The molecule has 0 spiro atoms. The van der Waals surface area contributed by atoms with Crippen LogP contribution in [0.25, 0.3) is 0 Å². The first-order chi connectivity index (χ1) is 7.93. The SMILES string of the molecule is Cc1cc(F)ccc1CC(C)(C(=O)O)C1CC1. The highest BCUT2D eigenvalue weighted by molar-refractivity contribution is 5.75. The molecule has 0 aromatic heterocycles. The Balaban J connectivity index is 2.26. The maximum absolute atomic E-state index is 13.0. The second-order valence-electron chi connectivity index (χ2n) is 5.24. The minimum atomic E-state index is -0.747. The van der Waals surface area contributed by atoms with Crippen LogP contribution in [0.15, 0.2) is 18.2 Å². The molecule has 0 bridgehead atoms. The van der Waals surface area contributed by atoms with Crippen LogP contribution in [0, 0.1) is 24.1 Å². The Kier molecular flexibility index (Phi) is 2.94. The number of hydrogen-bond donors (Lipinski definition) is 1. The Morgan fingerprint density at radius 2 is 2.18 bits per heavy atom. The van der Waals surface area contributed by atoms with Crippen molar-refractivity contribution in [1.82, 2.24) is 0 Å². The molecule has 1 unspecified atom stereocenters. The van der Waals surface area contributed by atoms with Gasteiger partial charge in [0.1, 0.15) is 5.82 Å². The van der Waals surface area contributed by atoms with Gasteiger partial charge < -0.3 is 5.11 Å². The number of aliphatic carboxylic acids is 1. The van der Waals surface area contributed by atoms with Gasteiger partial charge in [-0.15, -0.1) is 0 Å². The standard InChI is InChI=1S/C14H17FO2/c1-9-7-12(15)6-3-10(9)8-14(2,13(16)17)11-4-5-11/h3,6-7,11H,4-5,8H2,1-2H3,(H,16,17). The molecule has 1 aromatic carbocycles. The molecule has 1 fully saturated rings. The van der Waals surface area contributed by atoms with Crippen LogP contribution in [0.5, 0.6) is 0 Å². The molecule has 0 amide bonds. The fourth-order valence-corrected chi connectivity index (χ4v) is 2.37. The summed E-state index contributed by atoms with van der Waals surface area (Å²) >= 11 is 0. The van der Waals surface area contributed by atoms with Gasteiger partial charge in [-0.05, 0) is 62.3 Å². The fraction of sp³-hybridized carbons (Fsp3) is 0.500. The van der Waals surface area contributed by atoms with Crippen LogP contribution in [-0.4, -0.2) is 11.1 Å². The number of aryl methyl sites for hydroxylation is 1. The van der Waals surface area contributed by atoms with Crippen molar-refractivity contribution in [3.05, 3.63) is 35.1 Å². The molecule has 2 nitrogen and oxygen atoms in total. The highest BCUT2D eigenvalue weighted by atomic mass is 19.1. The van der Waals surface area contributed by atoms with Gasteiger partial charge in [0.05, 0.1) is 5.41 Å². The Labute approximate surface area is 100 Å². The zero-order valence-electron chi connectivity index (χ0n) is 10.2. The zero-order valence-corrected chi connectivity index (χ0v) is 10.2. The molecule has 92 valence electrons. The van der Waals surface area contributed by atoms with E-state index in [-0.39, 0.29) is 11.7 Å². The summed E-state index contributed by atoms with van der Waals surface area (Å²) in [5.74, 6) is -0.747. The van der Waals surface area contributed by atoms with E-state index in [1.54, 1.807) is 13.0 Å². The first kappa shape index (κ1) is 12.1. The van der Waals surface area contributed by atoms with Crippen LogP contribution in [0.3, 0.4) is 0 Å². The van der Waals surface area contributed by atoms with E-state index in [0.717, 1.165) is 24.0 Å². The van der Waals surface area contributed by atoms with E-state index in [1.807, 2.05) is 6.92 Å². The molecule has 1 saturated carbocycles. The largest absolute Gasteiger partial charge is 0.481 e. The van der Waals surface area contributed by atoms with Crippen molar-refractivity contribution in [2.75, 3.05) is 0 Å². The molecule has 2 rings (SSSR count). The number of carbonyl (C=O) groups is 1. The van der Waals surface area contributed by atoms with Crippen LogP contribution >= 0.6 is 0 Å². The van der Waals surface area contributed by atoms with Crippen molar-refractivity contribution in [2.24, 2.45) is 11.3 Å². The minimum Gasteiger partial charge on any atom is -0.481 e. The lowest BCUT2D eigenvalue weighted by molar-refractivity contribution is -0.149. The summed E-state index contributed by atoms with van der Waals surface area (Å²) < 4.78 is 13.0. The third kappa shape index (κ3) is 2.33. The molecule has 3 heteroatoms. The number of benzene rings is 1. The summed E-state index contributed by atoms with van der Waals surface area (Å²) in [6.45, 7) is 3.63. The topological polar surface area (TPSA) is 37.3 Å². The van der Waals surface area contributed by atoms with Gasteiger partial charge >= 0.3 is 5.97 Å². The normalized spacial score (nSPS) is 18.8. The van der Waals surface area contributed by atoms with Crippen molar-refractivity contribution in [3.8, 4) is 0 Å². The van der Waals surface area contributed by atoms with Gasteiger partial charge in [0.25, 0.3) is 0 Å². The van der Waals surface area contributed by atoms with Gasteiger partial charge in [-0.2, -0.15) is 0 Å². The molecule has 0 saturated heterocycles. The minimum absolute atomic E-state index is 0.268. The summed E-state index contributed by atoms with van der Waals surface area (Å²) in [6, 6.07) is 4.57. The van der Waals surface area contributed by atoms with Crippen molar-refractivity contribution in [2.45, 2.75) is 33.1 Å². The van der Waals surface area contributed by atoms with Crippen LogP contribution in [-0.2, 0) is 11.2 Å². The summed E-state index contributed by atoms with van der Waals surface area (Å²) in [6.07, 6.45) is 2.46. The summed E-state index contributed by atoms with van der Waals surface area (Å²) in [5.41, 5.74) is 1.06. The maximum Gasteiger partial charge on any atom is 0.309 e. The van der Waals surface area contributed by atoms with Crippen LogP contribution in [0.2, 0.25) is 0 Å². The van der Waals surface area contributed by atoms with Crippen LogP contribution in [0.1, 0.15) is 30.9 Å². The van der Waals surface area contributed by atoms with E-state index >= 15 is 0 Å². The lowest BCUT2D eigenvalue weighted by Crippen LogP contribution is -2.32. The molecular weight excluding hydrogens is 219 g/mol. The Hall–Kier alpha value is -1.38. The molecule has 0 heterocycles. The second-order valence-corrected chi connectivity index (χ2v) is 5.24. The number of halogens is 1. The van der Waals surface area contributed by atoms with Crippen LogP contribution in [0.4, 0.5) is 4.39 Å². The zero-order chi connectivity index (χ0) is 12.6. The predicted molar refractivity (Wildman–Crippen MR) is 63.3 cm³/mol. The van der Waals surface area contributed by atoms with Crippen molar-refractivity contribution in [1.29, 1.82) is 0 Å². The lowest BCUT2D eigenvalue weighted by atomic mass is 9.78. The number of carboxylic acid groups (broad SMARTS) is 1. The second kappa shape index (κ2) is 4.13. The predicted octanol–water partition coefficient (Wildman–Crippen LogP) is 3.18. The molecule has 17 heavy (non-hydrogen) atoms. The van der Waals surface area contributed by atoms with Gasteiger partial charge in [-0.25, -0.2) is 4.39 Å². The monoisotopic (exact) mass is 236 g/mol. The third-order valence-electron chi connectivity index (χ3n) is 3.83. The summed E-state index contributed by atoms with van der Waals surface area (Å²) in [7, 11) is 0. The highest BCUT2D eigenvalue weighted by Crippen LogP contribution is 2.47. The van der Waals surface area contributed by atoms with Gasteiger partial charge in [0.2, 0.25) is 0 Å². The molecular formula is C14H17FO2. The summed E-state index contributed by atoms with van der Waals surface area (Å²) in [5, 5.41) is 9.38. The highest BCUT2D eigenvalue weighted by Gasteiger charge is 2.47. The number of hydrogen-bond acceptors (Lipinski definition) is 1. The Morgan fingerprint density at radius 3 is 2.65 bits per heavy atom. The van der Waals surface area contributed by atoms with E-state index in [1.165, 1.54) is 12.1 Å². The first-order valence-electron chi connectivity index (χ1n) is 5.92. The Morgan fingerprint density at radius 1 is 1.53 bits per heavy atom. The average molecular weight is 236 g/mol. The van der Waals surface area contributed by atoms with E-state index in [4.69, 9.17) is 0 Å². The van der Waals surface area contributed by atoms with Crippen molar-refractivity contribution >= 4 is 5.97 Å². The van der Waals surface area contributed by atoms with Crippen molar-refractivity contribution in [3.63, 3.8) is 0 Å². The van der Waals surface area contributed by atoms with E-state index in [9.17, 15) is 14.3 Å². The summed E-state index contributed by atoms with van der Waals surface area (Å²) in [4.78, 5) is 11.4. The average Bonchev–Trinajstić information content (AvgIpc) is 3.05. The number of carboxylic acids is 1. The van der Waals surface area contributed by atoms with E-state index < -0.39 is 11.4 Å². The molecule has 1 aliphatic carbocycles.